The minimum atomic E-state index is -0.923. The predicted molar refractivity (Wildman–Crippen MR) is 80.0 cm³/mol. The van der Waals surface area contributed by atoms with Crippen LogP contribution in [0.3, 0.4) is 0 Å². The Kier molecular flexibility index (Phi) is 5.20. The first-order valence-electron chi connectivity index (χ1n) is 6.55. The number of thiophene rings is 1. The summed E-state index contributed by atoms with van der Waals surface area (Å²) < 4.78 is 0.662. The number of carbonyl (C=O) groups excluding carboxylic acids is 1. The second-order valence-corrected chi connectivity index (χ2v) is 6.46. The zero-order valence-corrected chi connectivity index (χ0v) is 12.5. The van der Waals surface area contributed by atoms with E-state index >= 15 is 0 Å². The van der Waals surface area contributed by atoms with Crippen molar-refractivity contribution in [2.24, 2.45) is 0 Å². The molecule has 1 fully saturated rings. The van der Waals surface area contributed by atoms with E-state index in [1.165, 1.54) is 22.3 Å². The van der Waals surface area contributed by atoms with Crippen molar-refractivity contribution >= 4 is 40.9 Å². The summed E-state index contributed by atoms with van der Waals surface area (Å²) in [6.45, 7) is 0.505. The third-order valence-corrected chi connectivity index (χ3v) is 4.50. The average molecular weight is 314 g/mol. The molecule has 0 radical (unpaired) electrons. The molecule has 2 heterocycles. The summed E-state index contributed by atoms with van der Waals surface area (Å²) in [5.41, 5.74) is 0. The van der Waals surface area contributed by atoms with Gasteiger partial charge in [0.15, 0.2) is 0 Å². The van der Waals surface area contributed by atoms with Crippen LogP contribution in [0.25, 0.3) is 6.08 Å². The summed E-state index contributed by atoms with van der Waals surface area (Å²) in [6.07, 6.45) is 6.32. The van der Waals surface area contributed by atoms with Crippen molar-refractivity contribution in [2.75, 3.05) is 6.54 Å². The molecule has 0 bridgehead atoms. The molecule has 1 aromatic heterocycles. The molecule has 0 spiro atoms. The lowest BCUT2D eigenvalue weighted by Crippen LogP contribution is -2.43. The van der Waals surface area contributed by atoms with Crippen molar-refractivity contribution in [3.63, 3.8) is 0 Å². The van der Waals surface area contributed by atoms with Crippen LogP contribution in [-0.2, 0) is 9.59 Å². The number of halogens is 1. The first kappa shape index (κ1) is 15.1. The summed E-state index contributed by atoms with van der Waals surface area (Å²) in [5.74, 6) is -1.17. The molecule has 1 saturated heterocycles. The summed E-state index contributed by atoms with van der Waals surface area (Å²) in [5, 5.41) is 9.24. The number of amides is 1. The van der Waals surface area contributed by atoms with Crippen LogP contribution in [0, 0.1) is 0 Å². The van der Waals surface area contributed by atoms with Gasteiger partial charge in [0.25, 0.3) is 0 Å². The van der Waals surface area contributed by atoms with Crippen LogP contribution in [0.4, 0.5) is 0 Å². The standard InChI is InChI=1S/C14H16ClNO3S/c15-12-7-5-10(20-12)6-8-13(17)16-9-3-1-2-4-11(16)14(18)19/h5-8,11H,1-4,9H2,(H,18,19). The molecule has 20 heavy (non-hydrogen) atoms. The number of rotatable bonds is 3. The highest BCUT2D eigenvalue weighted by atomic mass is 35.5. The Balaban J connectivity index is 2.08. The van der Waals surface area contributed by atoms with Crippen molar-refractivity contribution in [2.45, 2.75) is 31.7 Å². The lowest BCUT2D eigenvalue weighted by atomic mass is 10.1. The van der Waals surface area contributed by atoms with Crippen molar-refractivity contribution < 1.29 is 14.7 Å². The maximum Gasteiger partial charge on any atom is 0.326 e. The highest BCUT2D eigenvalue weighted by molar-refractivity contribution is 7.17. The van der Waals surface area contributed by atoms with Crippen LogP contribution in [0.2, 0.25) is 4.34 Å². The van der Waals surface area contributed by atoms with Gasteiger partial charge >= 0.3 is 5.97 Å². The van der Waals surface area contributed by atoms with Gasteiger partial charge in [-0.25, -0.2) is 4.79 Å². The van der Waals surface area contributed by atoms with Gasteiger partial charge in [-0.2, -0.15) is 0 Å². The molecule has 1 amide bonds. The van der Waals surface area contributed by atoms with Crippen LogP contribution in [0.5, 0.6) is 0 Å². The number of aliphatic carboxylic acids is 1. The highest BCUT2D eigenvalue weighted by Crippen LogP contribution is 2.23. The fraction of sp³-hybridized carbons (Fsp3) is 0.429. The van der Waals surface area contributed by atoms with Gasteiger partial charge in [0.2, 0.25) is 5.91 Å². The zero-order valence-electron chi connectivity index (χ0n) is 10.9. The quantitative estimate of drug-likeness (QED) is 0.871. The van der Waals surface area contributed by atoms with Crippen LogP contribution in [0.1, 0.15) is 30.6 Å². The number of likely N-dealkylation sites (tertiary alicyclic amines) is 1. The van der Waals surface area contributed by atoms with Gasteiger partial charge in [0.05, 0.1) is 4.34 Å². The summed E-state index contributed by atoms with van der Waals surface area (Å²) in [6, 6.07) is 2.89. The fourth-order valence-corrected chi connectivity index (χ4v) is 3.26. The summed E-state index contributed by atoms with van der Waals surface area (Å²) in [4.78, 5) is 25.8. The minimum absolute atomic E-state index is 0.246. The molecule has 1 atom stereocenters. The largest absolute Gasteiger partial charge is 0.480 e. The monoisotopic (exact) mass is 313 g/mol. The Morgan fingerprint density at radius 1 is 1.35 bits per heavy atom. The first-order valence-corrected chi connectivity index (χ1v) is 7.74. The molecule has 1 unspecified atom stereocenters. The van der Waals surface area contributed by atoms with Gasteiger partial charge in [0.1, 0.15) is 6.04 Å². The zero-order chi connectivity index (χ0) is 14.5. The lowest BCUT2D eigenvalue weighted by molar-refractivity contribution is -0.148. The van der Waals surface area contributed by atoms with E-state index in [0.717, 1.165) is 24.1 Å². The highest BCUT2D eigenvalue weighted by Gasteiger charge is 2.29. The summed E-state index contributed by atoms with van der Waals surface area (Å²) >= 11 is 7.20. The molecule has 108 valence electrons. The van der Waals surface area contributed by atoms with E-state index in [-0.39, 0.29) is 5.91 Å². The van der Waals surface area contributed by atoms with Crippen molar-refractivity contribution in [3.8, 4) is 0 Å². The molecule has 1 aliphatic heterocycles. The molecule has 1 aromatic rings. The number of carboxylic acids is 1. The van der Waals surface area contributed by atoms with Gasteiger partial charge < -0.3 is 10.0 Å². The normalized spacial score (nSPS) is 20.1. The second kappa shape index (κ2) is 6.90. The fourth-order valence-electron chi connectivity index (χ4n) is 2.30. The van der Waals surface area contributed by atoms with Crippen LogP contribution >= 0.6 is 22.9 Å². The molecule has 1 N–H and O–H groups in total. The molecule has 0 saturated carbocycles. The number of nitrogens with zero attached hydrogens (tertiary/aromatic N) is 1. The third kappa shape index (κ3) is 3.84. The van der Waals surface area contributed by atoms with Gasteiger partial charge in [0, 0.05) is 17.5 Å². The van der Waals surface area contributed by atoms with Gasteiger partial charge in [-0.05, 0) is 31.1 Å². The van der Waals surface area contributed by atoms with Crippen molar-refractivity contribution in [1.82, 2.24) is 4.90 Å². The third-order valence-electron chi connectivity index (χ3n) is 3.31. The van der Waals surface area contributed by atoms with E-state index < -0.39 is 12.0 Å². The molecular weight excluding hydrogens is 298 g/mol. The number of carbonyl (C=O) groups is 2. The Morgan fingerprint density at radius 2 is 2.15 bits per heavy atom. The van der Waals surface area contributed by atoms with E-state index in [0.29, 0.717) is 17.3 Å². The van der Waals surface area contributed by atoms with E-state index in [1.54, 1.807) is 12.1 Å². The number of carboxylic acid groups (broad SMARTS) is 1. The average Bonchev–Trinajstić information content (AvgIpc) is 2.68. The van der Waals surface area contributed by atoms with Crippen LogP contribution in [-0.4, -0.2) is 34.5 Å². The molecule has 1 aliphatic rings. The maximum absolute atomic E-state index is 12.2. The van der Waals surface area contributed by atoms with Crippen molar-refractivity contribution in [3.05, 3.63) is 27.4 Å². The maximum atomic E-state index is 12.2. The molecule has 6 heteroatoms. The van der Waals surface area contributed by atoms with Crippen LogP contribution in [0.15, 0.2) is 18.2 Å². The van der Waals surface area contributed by atoms with E-state index in [4.69, 9.17) is 11.6 Å². The lowest BCUT2D eigenvalue weighted by Gasteiger charge is -2.25. The first-order chi connectivity index (χ1) is 9.58. The SMILES string of the molecule is O=C(O)C1CCCCCN1C(=O)C=Cc1ccc(Cl)s1. The minimum Gasteiger partial charge on any atom is -0.480 e. The van der Waals surface area contributed by atoms with E-state index in [9.17, 15) is 14.7 Å². The number of hydrogen-bond donors (Lipinski definition) is 1. The van der Waals surface area contributed by atoms with Gasteiger partial charge in [-0.3, -0.25) is 4.79 Å². The molecule has 4 nitrogen and oxygen atoms in total. The van der Waals surface area contributed by atoms with Gasteiger partial charge in [-0.15, -0.1) is 11.3 Å². The van der Waals surface area contributed by atoms with Gasteiger partial charge in [-0.1, -0.05) is 24.4 Å². The van der Waals surface area contributed by atoms with Crippen molar-refractivity contribution in [1.29, 1.82) is 0 Å². The smallest absolute Gasteiger partial charge is 0.326 e. The Labute approximate surface area is 126 Å². The Morgan fingerprint density at radius 3 is 2.80 bits per heavy atom. The second-order valence-electron chi connectivity index (χ2n) is 4.71. The molecule has 2 rings (SSSR count). The molecular formula is C14H16ClNO3S. The van der Waals surface area contributed by atoms with Crippen LogP contribution < -0.4 is 0 Å². The Bertz CT molecular complexity index is 526. The Hall–Kier alpha value is -1.33. The molecule has 0 aromatic carbocycles. The molecule has 0 aliphatic carbocycles. The number of hydrogen-bond acceptors (Lipinski definition) is 3. The van der Waals surface area contributed by atoms with E-state index in [1.807, 2.05) is 6.07 Å². The predicted octanol–water partition coefficient (Wildman–Crippen LogP) is 3.27. The van der Waals surface area contributed by atoms with E-state index in [2.05, 4.69) is 0 Å². The topological polar surface area (TPSA) is 57.6 Å². The summed E-state index contributed by atoms with van der Waals surface area (Å²) in [7, 11) is 0.